The van der Waals surface area contributed by atoms with Crippen molar-refractivity contribution in [2.24, 2.45) is 0 Å². The molecule has 1 aromatic heterocycles. The van der Waals surface area contributed by atoms with Crippen LogP contribution in [-0.4, -0.2) is 42.5 Å². The van der Waals surface area contributed by atoms with Crippen LogP contribution in [0.15, 0.2) is 48.8 Å². The van der Waals surface area contributed by atoms with Crippen molar-refractivity contribution >= 4 is 17.3 Å². The highest BCUT2D eigenvalue weighted by Gasteiger charge is 2.53. The largest absolute Gasteiger partial charge is 0.306 e. The summed E-state index contributed by atoms with van der Waals surface area (Å²) in [5, 5.41) is 4.05. The first-order valence-corrected chi connectivity index (χ1v) is 9.47. The molecule has 4 rings (SSSR count). The number of fused-ring (bicyclic) bond motifs is 2. The molecule has 1 aromatic carbocycles. The van der Waals surface area contributed by atoms with Gasteiger partial charge in [-0.1, -0.05) is 25.1 Å². The lowest BCUT2D eigenvalue weighted by molar-refractivity contribution is -0.124. The van der Waals surface area contributed by atoms with Crippen LogP contribution >= 0.6 is 0 Å². The van der Waals surface area contributed by atoms with Crippen LogP contribution in [0.3, 0.4) is 0 Å². The molecular weight excluding hydrogens is 324 g/mol. The molecule has 1 amide bonds. The number of hydrogen-bond acceptors (Lipinski definition) is 4. The van der Waals surface area contributed by atoms with Crippen LogP contribution in [0.1, 0.15) is 31.7 Å². The monoisotopic (exact) mass is 350 g/mol. The SMILES string of the molecule is CCCN(c1ccncc1)N1C(=O)C2(CCN(C)CC2)c2ccccc21. The Bertz CT molecular complexity index is 784. The zero-order valence-corrected chi connectivity index (χ0v) is 15.6. The molecule has 0 N–H and O–H groups in total. The maximum Gasteiger partial charge on any atom is 0.256 e. The van der Waals surface area contributed by atoms with Crippen LogP contribution in [0.2, 0.25) is 0 Å². The Kier molecular flexibility index (Phi) is 4.41. The fourth-order valence-corrected chi connectivity index (χ4v) is 4.29. The van der Waals surface area contributed by atoms with Crippen LogP contribution < -0.4 is 10.0 Å². The Morgan fingerprint density at radius 1 is 1.12 bits per heavy atom. The smallest absolute Gasteiger partial charge is 0.256 e. The molecule has 5 nitrogen and oxygen atoms in total. The fourth-order valence-electron chi connectivity index (χ4n) is 4.29. The first-order valence-electron chi connectivity index (χ1n) is 9.47. The van der Waals surface area contributed by atoms with Crippen molar-refractivity contribution in [2.75, 3.05) is 36.7 Å². The van der Waals surface area contributed by atoms with Gasteiger partial charge in [0, 0.05) is 18.9 Å². The van der Waals surface area contributed by atoms with Crippen molar-refractivity contribution in [1.29, 1.82) is 0 Å². The number of anilines is 2. The predicted molar refractivity (Wildman–Crippen MR) is 104 cm³/mol. The first-order chi connectivity index (χ1) is 12.7. The summed E-state index contributed by atoms with van der Waals surface area (Å²) in [5.74, 6) is 0.220. The Labute approximate surface area is 155 Å². The second-order valence-electron chi connectivity index (χ2n) is 7.35. The predicted octanol–water partition coefficient (Wildman–Crippen LogP) is 3.22. The van der Waals surface area contributed by atoms with Crippen molar-refractivity contribution in [3.05, 3.63) is 54.4 Å². The molecule has 26 heavy (non-hydrogen) atoms. The summed E-state index contributed by atoms with van der Waals surface area (Å²) >= 11 is 0. The van der Waals surface area contributed by atoms with Crippen LogP contribution in [0, 0.1) is 0 Å². The van der Waals surface area contributed by atoms with Gasteiger partial charge >= 0.3 is 0 Å². The lowest BCUT2D eigenvalue weighted by atomic mass is 9.74. The van der Waals surface area contributed by atoms with Gasteiger partial charge < -0.3 is 4.90 Å². The lowest BCUT2D eigenvalue weighted by Gasteiger charge is -2.39. The average Bonchev–Trinajstić information content (AvgIpc) is 2.92. The maximum atomic E-state index is 13.8. The van der Waals surface area contributed by atoms with Gasteiger partial charge in [0.1, 0.15) is 0 Å². The highest BCUT2D eigenvalue weighted by atomic mass is 16.2. The van der Waals surface area contributed by atoms with E-state index in [1.807, 2.05) is 23.2 Å². The third kappa shape index (κ3) is 2.58. The summed E-state index contributed by atoms with van der Waals surface area (Å²) in [6.07, 6.45) is 6.30. The van der Waals surface area contributed by atoms with Gasteiger partial charge in [-0.2, -0.15) is 0 Å². The number of aromatic nitrogens is 1. The zero-order chi connectivity index (χ0) is 18.1. The van der Waals surface area contributed by atoms with E-state index in [1.54, 1.807) is 12.4 Å². The summed E-state index contributed by atoms with van der Waals surface area (Å²) in [6, 6.07) is 12.3. The lowest BCUT2D eigenvalue weighted by Crippen LogP contribution is -2.53. The van der Waals surface area contributed by atoms with Gasteiger partial charge in [0.25, 0.3) is 5.91 Å². The van der Waals surface area contributed by atoms with Crippen molar-refractivity contribution in [3.63, 3.8) is 0 Å². The maximum absolute atomic E-state index is 13.8. The van der Waals surface area contributed by atoms with Gasteiger partial charge in [-0.05, 0) is 63.2 Å². The summed E-state index contributed by atoms with van der Waals surface area (Å²) < 4.78 is 0. The topological polar surface area (TPSA) is 39.7 Å². The van der Waals surface area contributed by atoms with Gasteiger partial charge in [0.2, 0.25) is 0 Å². The number of likely N-dealkylation sites (tertiary alicyclic amines) is 1. The molecule has 2 aliphatic heterocycles. The number of para-hydroxylation sites is 1. The average molecular weight is 350 g/mol. The fraction of sp³-hybridized carbons (Fsp3) is 0.429. The van der Waals surface area contributed by atoms with E-state index in [9.17, 15) is 4.79 Å². The number of carbonyl (C=O) groups excluding carboxylic acids is 1. The zero-order valence-electron chi connectivity index (χ0n) is 15.6. The van der Waals surface area contributed by atoms with E-state index < -0.39 is 0 Å². The standard InChI is InChI=1S/C21H26N4O/c1-3-14-24(17-8-12-22-13-9-17)25-19-7-5-4-6-18(19)21(20(25)26)10-15-23(2)16-11-21/h4-9,12-13H,3,10-11,14-16H2,1-2H3. The van der Waals surface area contributed by atoms with E-state index in [1.165, 1.54) is 5.56 Å². The number of rotatable bonds is 4. The third-order valence-corrected chi connectivity index (χ3v) is 5.73. The van der Waals surface area contributed by atoms with Gasteiger partial charge in [0.05, 0.1) is 16.8 Å². The molecule has 0 saturated carbocycles. The molecule has 136 valence electrons. The van der Waals surface area contributed by atoms with Gasteiger partial charge in [-0.3, -0.25) is 14.8 Å². The highest BCUT2D eigenvalue weighted by molar-refractivity contribution is 6.09. The normalized spacial score (nSPS) is 19.0. The number of hydrazine groups is 1. The van der Waals surface area contributed by atoms with Crippen molar-refractivity contribution in [3.8, 4) is 0 Å². The van der Waals surface area contributed by atoms with Gasteiger partial charge in [-0.25, -0.2) is 5.01 Å². The van der Waals surface area contributed by atoms with Crippen molar-refractivity contribution in [2.45, 2.75) is 31.6 Å². The van der Waals surface area contributed by atoms with E-state index in [2.05, 4.69) is 47.1 Å². The number of benzene rings is 1. The minimum atomic E-state index is -0.387. The van der Waals surface area contributed by atoms with Crippen LogP contribution in [0.25, 0.3) is 0 Å². The van der Waals surface area contributed by atoms with E-state index >= 15 is 0 Å². The number of amides is 1. The number of piperidine rings is 1. The highest BCUT2D eigenvalue weighted by Crippen LogP contribution is 2.48. The molecule has 1 saturated heterocycles. The van der Waals surface area contributed by atoms with E-state index in [0.29, 0.717) is 0 Å². The second-order valence-corrected chi connectivity index (χ2v) is 7.35. The first kappa shape index (κ1) is 17.0. The molecule has 0 bridgehead atoms. The second kappa shape index (κ2) is 6.72. The summed E-state index contributed by atoms with van der Waals surface area (Å²) in [6.45, 7) is 4.85. The molecule has 2 aromatic rings. The Balaban J connectivity index is 1.80. The van der Waals surface area contributed by atoms with Gasteiger partial charge in [0.15, 0.2) is 0 Å². The number of pyridine rings is 1. The van der Waals surface area contributed by atoms with Crippen molar-refractivity contribution in [1.82, 2.24) is 9.88 Å². The Morgan fingerprint density at radius 3 is 2.50 bits per heavy atom. The molecule has 1 fully saturated rings. The minimum Gasteiger partial charge on any atom is -0.306 e. The molecule has 0 atom stereocenters. The summed E-state index contributed by atoms with van der Waals surface area (Å²) in [5.41, 5.74) is 2.85. The molecule has 0 radical (unpaired) electrons. The summed E-state index contributed by atoms with van der Waals surface area (Å²) in [7, 11) is 2.14. The minimum absolute atomic E-state index is 0.220. The number of hydrogen-bond donors (Lipinski definition) is 0. The number of carbonyl (C=O) groups is 1. The summed E-state index contributed by atoms with van der Waals surface area (Å²) in [4.78, 5) is 20.2. The van der Waals surface area contributed by atoms with Gasteiger partial charge in [-0.15, -0.1) is 0 Å². The van der Waals surface area contributed by atoms with E-state index in [4.69, 9.17) is 0 Å². The number of nitrogens with zero attached hydrogens (tertiary/aromatic N) is 4. The van der Waals surface area contributed by atoms with Crippen LogP contribution in [-0.2, 0) is 10.2 Å². The quantitative estimate of drug-likeness (QED) is 0.849. The van der Waals surface area contributed by atoms with Crippen molar-refractivity contribution < 1.29 is 4.79 Å². The third-order valence-electron chi connectivity index (χ3n) is 5.73. The van der Waals surface area contributed by atoms with E-state index in [0.717, 1.165) is 50.3 Å². The molecule has 5 heteroatoms. The molecule has 1 spiro atoms. The Hall–Kier alpha value is -2.40. The van der Waals surface area contributed by atoms with E-state index in [-0.39, 0.29) is 11.3 Å². The molecule has 0 unspecified atom stereocenters. The molecule has 0 aliphatic carbocycles. The molecule has 3 heterocycles. The Morgan fingerprint density at radius 2 is 1.81 bits per heavy atom. The molecular formula is C21H26N4O. The van der Waals surface area contributed by atoms with Crippen LogP contribution in [0.5, 0.6) is 0 Å². The molecule has 2 aliphatic rings. The van der Waals surface area contributed by atoms with Crippen LogP contribution in [0.4, 0.5) is 11.4 Å².